The summed E-state index contributed by atoms with van der Waals surface area (Å²) >= 11 is 0. The van der Waals surface area contributed by atoms with E-state index in [1.807, 2.05) is 0 Å². The van der Waals surface area contributed by atoms with Crippen LogP contribution in [0.4, 0.5) is 0 Å². The first kappa shape index (κ1) is 8.02. The van der Waals surface area contributed by atoms with Crippen molar-refractivity contribution in [2.75, 3.05) is 20.3 Å². The fraction of sp³-hybridized carbons (Fsp3) is 1.00. The standard InChI is InChI=1S/C8H17O2/c1-7-8(2,3)10(4)6-5-9-7/h7H,5-6H2,1-4H3/q+1. The Morgan fingerprint density at radius 3 is 2.50 bits per heavy atom. The van der Waals surface area contributed by atoms with Crippen molar-refractivity contribution in [2.45, 2.75) is 32.5 Å². The lowest BCUT2D eigenvalue weighted by Crippen LogP contribution is -2.50. The third-order valence-corrected chi connectivity index (χ3v) is 2.63. The van der Waals surface area contributed by atoms with Crippen LogP contribution in [0.3, 0.4) is 0 Å². The molecule has 0 saturated carbocycles. The maximum atomic E-state index is 5.50. The predicted octanol–water partition coefficient (Wildman–Crippen LogP) is 1.37. The van der Waals surface area contributed by atoms with E-state index in [9.17, 15) is 0 Å². The average molecular weight is 145 g/mol. The summed E-state index contributed by atoms with van der Waals surface area (Å²) in [5.74, 6) is 0. The molecular weight excluding hydrogens is 128 g/mol. The average Bonchev–Trinajstić information content (AvgIpc) is 1.84. The Kier molecular flexibility index (Phi) is 2.02. The van der Waals surface area contributed by atoms with Gasteiger partial charge in [0, 0.05) is 13.8 Å². The second-order valence-corrected chi connectivity index (χ2v) is 3.46. The van der Waals surface area contributed by atoms with E-state index in [2.05, 4.69) is 32.2 Å². The SMILES string of the molecule is CC1OCC[O+](C)C1(C)C. The van der Waals surface area contributed by atoms with Gasteiger partial charge in [-0.15, -0.1) is 0 Å². The molecular formula is C8H17O2+. The number of hydrogen-bond acceptors (Lipinski definition) is 1. The van der Waals surface area contributed by atoms with E-state index >= 15 is 0 Å². The Morgan fingerprint density at radius 2 is 2.10 bits per heavy atom. The predicted molar refractivity (Wildman–Crippen MR) is 41.4 cm³/mol. The lowest BCUT2D eigenvalue weighted by Gasteiger charge is -2.40. The summed E-state index contributed by atoms with van der Waals surface area (Å²) in [7, 11) is 2.07. The van der Waals surface area contributed by atoms with Gasteiger partial charge in [0.2, 0.25) is 0 Å². The molecule has 1 saturated heterocycles. The van der Waals surface area contributed by atoms with Gasteiger partial charge in [-0.2, -0.15) is 0 Å². The maximum absolute atomic E-state index is 5.50. The monoisotopic (exact) mass is 145 g/mol. The quantitative estimate of drug-likeness (QED) is 0.469. The van der Waals surface area contributed by atoms with Gasteiger partial charge in [-0.25, -0.2) is 0 Å². The molecule has 1 unspecified atom stereocenters. The van der Waals surface area contributed by atoms with Crippen LogP contribution in [0, 0.1) is 0 Å². The van der Waals surface area contributed by atoms with Crippen molar-refractivity contribution >= 4 is 0 Å². The minimum Gasteiger partial charge on any atom is -0.416 e. The minimum atomic E-state index is 0.123. The van der Waals surface area contributed by atoms with Gasteiger partial charge >= 0.3 is 0 Å². The molecule has 0 aromatic rings. The highest BCUT2D eigenvalue weighted by atomic mass is 16.7. The van der Waals surface area contributed by atoms with Crippen LogP contribution in [0.15, 0.2) is 0 Å². The largest absolute Gasteiger partial charge is 0.416 e. The highest BCUT2D eigenvalue weighted by Crippen LogP contribution is 2.26. The number of hydrogen-bond donors (Lipinski definition) is 0. The molecule has 0 aliphatic carbocycles. The van der Waals surface area contributed by atoms with Crippen LogP contribution in [0.25, 0.3) is 0 Å². The van der Waals surface area contributed by atoms with Gasteiger partial charge in [0.15, 0.2) is 12.2 Å². The molecule has 1 fully saturated rings. The molecule has 2 nitrogen and oxygen atoms in total. The topological polar surface area (TPSA) is 11.9 Å². The lowest BCUT2D eigenvalue weighted by atomic mass is 10.0. The molecule has 0 bridgehead atoms. The van der Waals surface area contributed by atoms with Gasteiger partial charge in [-0.05, 0) is 6.92 Å². The summed E-state index contributed by atoms with van der Waals surface area (Å²) < 4.78 is 8.62. The zero-order chi connectivity index (χ0) is 7.78. The Labute approximate surface area is 62.8 Å². The molecule has 1 aliphatic rings. The molecule has 1 aliphatic heterocycles. The third kappa shape index (κ3) is 1.18. The number of ether oxygens (including phenoxy) is 1. The van der Waals surface area contributed by atoms with Crippen molar-refractivity contribution in [1.29, 1.82) is 0 Å². The van der Waals surface area contributed by atoms with Crippen molar-refractivity contribution in [1.82, 2.24) is 0 Å². The highest BCUT2D eigenvalue weighted by molar-refractivity contribution is 4.81. The van der Waals surface area contributed by atoms with E-state index < -0.39 is 0 Å². The maximum Gasteiger partial charge on any atom is 0.186 e. The number of rotatable bonds is 0. The first-order chi connectivity index (χ1) is 4.55. The minimum absolute atomic E-state index is 0.123. The molecule has 1 heterocycles. The van der Waals surface area contributed by atoms with Crippen molar-refractivity contribution in [2.24, 2.45) is 0 Å². The first-order valence-electron chi connectivity index (χ1n) is 3.79. The molecule has 0 N–H and O–H groups in total. The molecule has 1 rings (SSSR count). The van der Waals surface area contributed by atoms with E-state index in [-0.39, 0.29) is 5.60 Å². The van der Waals surface area contributed by atoms with Crippen molar-refractivity contribution in [3.05, 3.63) is 0 Å². The second kappa shape index (κ2) is 2.51. The third-order valence-electron chi connectivity index (χ3n) is 2.63. The van der Waals surface area contributed by atoms with Crippen LogP contribution < -0.4 is 0 Å². The van der Waals surface area contributed by atoms with Gasteiger partial charge < -0.3 is 9.10 Å². The summed E-state index contributed by atoms with van der Waals surface area (Å²) in [5.41, 5.74) is 0.123. The first-order valence-corrected chi connectivity index (χ1v) is 3.79. The van der Waals surface area contributed by atoms with E-state index in [0.29, 0.717) is 6.10 Å². The Hall–Kier alpha value is -0.0800. The summed E-state index contributed by atoms with van der Waals surface area (Å²) in [6.45, 7) is 8.29. The molecule has 2 heteroatoms. The molecule has 10 heavy (non-hydrogen) atoms. The Balaban J connectivity index is 2.63. The molecule has 0 radical (unpaired) electrons. The van der Waals surface area contributed by atoms with Crippen LogP contribution in [-0.2, 0) is 9.10 Å². The highest BCUT2D eigenvalue weighted by Gasteiger charge is 2.40. The van der Waals surface area contributed by atoms with Crippen LogP contribution in [0.2, 0.25) is 0 Å². The summed E-state index contributed by atoms with van der Waals surface area (Å²) in [6.07, 6.45) is 0.316. The zero-order valence-corrected chi connectivity index (χ0v) is 7.31. The Morgan fingerprint density at radius 1 is 1.50 bits per heavy atom. The molecule has 0 aromatic heterocycles. The fourth-order valence-corrected chi connectivity index (χ4v) is 1.10. The zero-order valence-electron chi connectivity index (χ0n) is 7.31. The molecule has 60 valence electrons. The van der Waals surface area contributed by atoms with Crippen molar-refractivity contribution in [3.63, 3.8) is 0 Å². The Bertz CT molecular complexity index is 108. The van der Waals surface area contributed by atoms with Gasteiger partial charge in [0.25, 0.3) is 0 Å². The molecule has 0 aromatic carbocycles. The van der Waals surface area contributed by atoms with Crippen molar-refractivity contribution < 1.29 is 9.10 Å². The van der Waals surface area contributed by atoms with E-state index in [4.69, 9.17) is 4.74 Å². The summed E-state index contributed by atoms with van der Waals surface area (Å²) in [4.78, 5) is 0. The van der Waals surface area contributed by atoms with E-state index in [0.717, 1.165) is 13.2 Å². The normalized spacial score (nSPS) is 34.2. The van der Waals surface area contributed by atoms with Crippen molar-refractivity contribution in [3.8, 4) is 0 Å². The van der Waals surface area contributed by atoms with Crippen LogP contribution in [0.5, 0.6) is 0 Å². The van der Waals surface area contributed by atoms with Gasteiger partial charge in [-0.3, -0.25) is 0 Å². The molecule has 1 atom stereocenters. The van der Waals surface area contributed by atoms with Gasteiger partial charge in [0.05, 0.1) is 0 Å². The van der Waals surface area contributed by atoms with Crippen LogP contribution >= 0.6 is 0 Å². The van der Waals surface area contributed by atoms with Gasteiger partial charge in [0.1, 0.15) is 19.8 Å². The fourth-order valence-electron chi connectivity index (χ4n) is 1.10. The second-order valence-electron chi connectivity index (χ2n) is 3.46. The summed E-state index contributed by atoms with van der Waals surface area (Å²) in [5, 5.41) is 0. The van der Waals surface area contributed by atoms with Crippen LogP contribution in [0.1, 0.15) is 20.8 Å². The molecule has 0 amide bonds. The van der Waals surface area contributed by atoms with Crippen LogP contribution in [-0.4, -0.2) is 32.0 Å². The van der Waals surface area contributed by atoms with E-state index in [1.165, 1.54) is 0 Å². The molecule has 0 spiro atoms. The van der Waals surface area contributed by atoms with Gasteiger partial charge in [-0.1, -0.05) is 0 Å². The van der Waals surface area contributed by atoms with E-state index in [1.54, 1.807) is 0 Å². The lowest BCUT2D eigenvalue weighted by molar-refractivity contribution is -0.297. The summed E-state index contributed by atoms with van der Waals surface area (Å²) in [6, 6.07) is 0. The smallest absolute Gasteiger partial charge is 0.186 e.